The van der Waals surface area contributed by atoms with E-state index in [-0.39, 0.29) is 0 Å². The maximum Gasteiger partial charge on any atom is 0.225 e. The first-order valence-corrected chi connectivity index (χ1v) is 6.19. The lowest BCUT2D eigenvalue weighted by atomic mass is 10.3. The molecule has 0 atom stereocenters. The number of hydrogen-bond acceptors (Lipinski definition) is 6. The molecule has 0 spiro atoms. The highest BCUT2D eigenvalue weighted by molar-refractivity contribution is 5.54. The Morgan fingerprint density at radius 2 is 1.38 bits per heavy atom. The second kappa shape index (κ2) is 7.73. The highest BCUT2D eigenvalue weighted by Gasteiger charge is 1.98. The molecule has 0 heterocycles. The Morgan fingerprint density at radius 3 is 1.86 bits per heavy atom. The molecule has 110 valence electrons. The van der Waals surface area contributed by atoms with Crippen LogP contribution in [0.1, 0.15) is 0 Å². The van der Waals surface area contributed by atoms with E-state index in [0.717, 1.165) is 11.4 Å². The summed E-state index contributed by atoms with van der Waals surface area (Å²) in [6.45, 7) is 0. The zero-order chi connectivity index (χ0) is 14.9. The minimum absolute atomic E-state index is 0.568. The Balaban J connectivity index is 1.93. The largest absolute Gasteiger partial charge is 0.457 e. The van der Waals surface area contributed by atoms with Crippen molar-refractivity contribution < 1.29 is 14.4 Å². The van der Waals surface area contributed by atoms with Gasteiger partial charge < -0.3 is 4.74 Å². The van der Waals surface area contributed by atoms with Crippen LogP contribution >= 0.6 is 0 Å². The number of carbonyl (C=O) groups is 1. The predicted molar refractivity (Wildman–Crippen MR) is 79.5 cm³/mol. The van der Waals surface area contributed by atoms with Crippen LogP contribution in [0.5, 0.6) is 11.5 Å². The van der Waals surface area contributed by atoms with E-state index in [1.165, 1.54) is 7.11 Å². The zero-order valence-corrected chi connectivity index (χ0v) is 11.4. The van der Waals surface area contributed by atoms with E-state index in [9.17, 15) is 4.79 Å². The Labute approximate surface area is 122 Å². The van der Waals surface area contributed by atoms with Gasteiger partial charge in [-0.2, -0.15) is 0 Å². The molecule has 2 aromatic rings. The molecule has 7 nitrogen and oxygen atoms in total. The summed E-state index contributed by atoms with van der Waals surface area (Å²) in [5, 5.41) is 0. The summed E-state index contributed by atoms with van der Waals surface area (Å²) in [7, 11) is 1.52. The van der Waals surface area contributed by atoms with Crippen LogP contribution < -0.4 is 26.6 Å². The van der Waals surface area contributed by atoms with Crippen LogP contribution in [0.25, 0.3) is 0 Å². The van der Waals surface area contributed by atoms with Gasteiger partial charge in [0.25, 0.3) is 0 Å². The van der Waals surface area contributed by atoms with Gasteiger partial charge in [-0.25, -0.2) is 0 Å². The van der Waals surface area contributed by atoms with E-state index in [1.54, 1.807) is 24.3 Å². The second-order valence-electron chi connectivity index (χ2n) is 3.97. The monoisotopic (exact) mass is 288 g/mol. The van der Waals surface area contributed by atoms with Gasteiger partial charge in [-0.15, -0.1) is 5.59 Å². The molecule has 0 saturated heterocycles. The molecule has 0 unspecified atom stereocenters. The van der Waals surface area contributed by atoms with E-state index in [0.29, 0.717) is 17.9 Å². The van der Waals surface area contributed by atoms with E-state index >= 15 is 0 Å². The molecule has 0 radical (unpaired) electrons. The van der Waals surface area contributed by atoms with Gasteiger partial charge in [-0.1, -0.05) is 0 Å². The maximum absolute atomic E-state index is 10.2. The standard InChI is InChI=1S/C14H16N4O3/c1-20-18-17-12-4-8-14(9-5-12)21-13-6-2-11(3-7-13)16-15-10-19/h2-10,16-18H,1H3,(H,15,19). The number of hydrogen-bond donors (Lipinski definition) is 4. The highest BCUT2D eigenvalue weighted by atomic mass is 16.7. The van der Waals surface area contributed by atoms with Crippen LogP contribution in [0.4, 0.5) is 11.4 Å². The summed E-state index contributed by atoms with van der Waals surface area (Å²) in [6.07, 6.45) is 0.568. The van der Waals surface area contributed by atoms with Crippen LogP contribution in [0.2, 0.25) is 0 Å². The molecule has 2 rings (SSSR count). The number of benzene rings is 2. The Morgan fingerprint density at radius 1 is 0.857 bits per heavy atom. The van der Waals surface area contributed by atoms with Crippen molar-refractivity contribution >= 4 is 17.8 Å². The van der Waals surface area contributed by atoms with Gasteiger partial charge in [0.05, 0.1) is 18.5 Å². The van der Waals surface area contributed by atoms with Crippen LogP contribution in [0, 0.1) is 0 Å². The fraction of sp³-hybridized carbons (Fsp3) is 0.0714. The molecule has 0 aliphatic rings. The number of rotatable bonds is 8. The van der Waals surface area contributed by atoms with Crippen LogP contribution in [-0.4, -0.2) is 13.5 Å². The zero-order valence-electron chi connectivity index (χ0n) is 11.4. The third-order valence-corrected chi connectivity index (χ3v) is 2.52. The Hall–Kier alpha value is -2.77. The molecule has 0 saturated carbocycles. The van der Waals surface area contributed by atoms with Gasteiger partial charge in [0.2, 0.25) is 6.41 Å². The highest BCUT2D eigenvalue weighted by Crippen LogP contribution is 2.24. The first kappa shape index (κ1) is 14.6. The number of ether oxygens (including phenoxy) is 1. The van der Waals surface area contributed by atoms with Crippen LogP contribution in [0.15, 0.2) is 48.5 Å². The smallest absolute Gasteiger partial charge is 0.225 e. The fourth-order valence-corrected chi connectivity index (χ4v) is 1.57. The van der Waals surface area contributed by atoms with Gasteiger partial charge >= 0.3 is 0 Å². The normalized spacial score (nSPS) is 9.76. The topological polar surface area (TPSA) is 83.7 Å². The average molecular weight is 288 g/mol. The molecule has 0 aliphatic heterocycles. The van der Waals surface area contributed by atoms with Crippen molar-refractivity contribution in [1.29, 1.82) is 0 Å². The van der Waals surface area contributed by atoms with Crippen molar-refractivity contribution in [2.45, 2.75) is 0 Å². The van der Waals surface area contributed by atoms with Gasteiger partial charge in [0.1, 0.15) is 11.5 Å². The number of amides is 1. The summed E-state index contributed by atoms with van der Waals surface area (Å²) >= 11 is 0. The number of carbonyl (C=O) groups excluding carboxylic acids is 1. The quantitative estimate of drug-likeness (QED) is 0.439. The SMILES string of the molecule is CONNc1ccc(Oc2ccc(NNC=O)cc2)cc1. The molecular weight excluding hydrogens is 272 g/mol. The fourth-order valence-electron chi connectivity index (χ4n) is 1.57. The van der Waals surface area contributed by atoms with E-state index < -0.39 is 0 Å². The molecule has 1 amide bonds. The Bertz CT molecular complexity index is 557. The van der Waals surface area contributed by atoms with Gasteiger partial charge in [-0.3, -0.25) is 25.9 Å². The Kier molecular flexibility index (Phi) is 5.39. The molecular formula is C14H16N4O3. The summed E-state index contributed by atoms with van der Waals surface area (Å²) in [4.78, 5) is 14.8. The average Bonchev–Trinajstić information content (AvgIpc) is 2.53. The summed E-state index contributed by atoms with van der Waals surface area (Å²) in [5.74, 6) is 1.41. The van der Waals surface area contributed by atoms with Crippen molar-refractivity contribution in [3.8, 4) is 11.5 Å². The molecule has 0 aromatic heterocycles. The van der Waals surface area contributed by atoms with Gasteiger partial charge in [0.15, 0.2) is 0 Å². The minimum atomic E-state index is 0.568. The van der Waals surface area contributed by atoms with Crippen molar-refractivity contribution in [3.63, 3.8) is 0 Å². The number of hydrazine groups is 2. The lowest BCUT2D eigenvalue weighted by Gasteiger charge is -2.09. The molecule has 21 heavy (non-hydrogen) atoms. The lowest BCUT2D eigenvalue weighted by molar-refractivity contribution is -0.109. The second-order valence-corrected chi connectivity index (χ2v) is 3.97. The maximum atomic E-state index is 10.2. The molecule has 2 aromatic carbocycles. The first-order chi connectivity index (χ1) is 10.3. The molecule has 4 N–H and O–H groups in total. The van der Waals surface area contributed by atoms with E-state index in [1.807, 2.05) is 24.3 Å². The number of nitrogens with one attached hydrogen (secondary N) is 4. The summed E-state index contributed by atoms with van der Waals surface area (Å²) < 4.78 is 5.70. The predicted octanol–water partition coefficient (Wildman–Crippen LogP) is 2.03. The van der Waals surface area contributed by atoms with Gasteiger partial charge in [-0.05, 0) is 48.5 Å². The molecule has 0 fully saturated rings. The first-order valence-electron chi connectivity index (χ1n) is 6.19. The van der Waals surface area contributed by atoms with Crippen LogP contribution in [-0.2, 0) is 9.63 Å². The molecule has 7 heteroatoms. The van der Waals surface area contributed by atoms with Crippen LogP contribution in [0.3, 0.4) is 0 Å². The summed E-state index contributed by atoms with van der Waals surface area (Å²) in [6, 6.07) is 14.6. The van der Waals surface area contributed by atoms with Crippen molar-refractivity contribution in [1.82, 2.24) is 11.0 Å². The molecule has 0 bridgehead atoms. The third-order valence-electron chi connectivity index (χ3n) is 2.52. The van der Waals surface area contributed by atoms with E-state index in [4.69, 9.17) is 4.74 Å². The lowest BCUT2D eigenvalue weighted by Crippen LogP contribution is -2.19. The van der Waals surface area contributed by atoms with E-state index in [2.05, 4.69) is 26.7 Å². The van der Waals surface area contributed by atoms with Crippen molar-refractivity contribution in [3.05, 3.63) is 48.5 Å². The summed E-state index contributed by atoms with van der Waals surface area (Å²) in [5.41, 5.74) is 12.1. The van der Waals surface area contributed by atoms with Gasteiger partial charge in [0, 0.05) is 0 Å². The third kappa shape index (κ3) is 4.68. The molecule has 0 aliphatic carbocycles. The minimum Gasteiger partial charge on any atom is -0.457 e. The number of anilines is 2. The van der Waals surface area contributed by atoms with Crippen molar-refractivity contribution in [2.75, 3.05) is 18.0 Å². The van der Waals surface area contributed by atoms with Crippen molar-refractivity contribution in [2.24, 2.45) is 0 Å².